The lowest BCUT2D eigenvalue weighted by atomic mass is 10.1. The Labute approximate surface area is 125 Å². The molecule has 0 radical (unpaired) electrons. The number of hydrogen-bond donors (Lipinski definition) is 3. The summed E-state index contributed by atoms with van der Waals surface area (Å²) in [5.41, 5.74) is 5.58. The highest BCUT2D eigenvalue weighted by Crippen LogP contribution is 2.52. The number of aromatic nitrogens is 2. The maximum atomic E-state index is 12.0. The Morgan fingerprint density at radius 3 is 3.00 bits per heavy atom. The van der Waals surface area contributed by atoms with Crippen LogP contribution in [0, 0.1) is 0 Å². The molecule has 2 fully saturated rings. The smallest absolute Gasteiger partial charge is 0.386 e. The highest BCUT2D eigenvalue weighted by molar-refractivity contribution is 7.47. The standard InChI is InChI=1S/C11H16N3O7P/c1-2-5-3-14(11(16)13-9(5)12)10-7(15)8-6(20-10)4-19-22(17,18)21-8/h3,6-8,10,15H,2,4H2,1H3,(H,17,18)(H2,12,13,16)/t6-,7-,8-,10-/m1/s1. The number of rotatable bonds is 2. The van der Waals surface area contributed by atoms with Crippen molar-refractivity contribution in [1.29, 1.82) is 0 Å². The number of aliphatic hydroxyl groups is 1. The van der Waals surface area contributed by atoms with E-state index in [1.165, 1.54) is 6.20 Å². The number of fused-ring (bicyclic) bond motifs is 1. The summed E-state index contributed by atoms with van der Waals surface area (Å²) < 4.78 is 27.5. The number of nitrogens with zero attached hydrogens (tertiary/aromatic N) is 2. The molecule has 11 heteroatoms. The van der Waals surface area contributed by atoms with Crippen LogP contribution in [0.4, 0.5) is 5.82 Å². The van der Waals surface area contributed by atoms with Gasteiger partial charge in [-0.05, 0) is 6.42 Å². The summed E-state index contributed by atoms with van der Waals surface area (Å²) in [7, 11) is -4.21. The molecular formula is C11H16N3O7P. The summed E-state index contributed by atoms with van der Waals surface area (Å²) in [5.74, 6) is 0.119. The zero-order chi connectivity index (χ0) is 16.1. The number of phosphoric acid groups is 1. The fourth-order valence-electron chi connectivity index (χ4n) is 2.54. The van der Waals surface area contributed by atoms with Gasteiger partial charge in [0.2, 0.25) is 0 Å². The van der Waals surface area contributed by atoms with E-state index in [0.29, 0.717) is 12.0 Å². The number of hydrogen-bond acceptors (Lipinski definition) is 8. The maximum Gasteiger partial charge on any atom is 0.472 e. The topological polar surface area (TPSA) is 146 Å². The summed E-state index contributed by atoms with van der Waals surface area (Å²) in [6.07, 6.45) is -2.24. The van der Waals surface area contributed by atoms with Crippen LogP contribution >= 0.6 is 7.82 Å². The quantitative estimate of drug-likeness (QED) is 0.589. The molecule has 0 aromatic carbocycles. The largest absolute Gasteiger partial charge is 0.472 e. The molecule has 1 aromatic heterocycles. The van der Waals surface area contributed by atoms with Crippen molar-refractivity contribution in [3.8, 4) is 0 Å². The number of phosphoric ester groups is 1. The lowest BCUT2D eigenvalue weighted by Gasteiger charge is -2.27. The van der Waals surface area contributed by atoms with Gasteiger partial charge in [0.1, 0.15) is 24.1 Å². The van der Waals surface area contributed by atoms with Crippen molar-refractivity contribution in [1.82, 2.24) is 9.55 Å². The molecular weight excluding hydrogens is 317 g/mol. The van der Waals surface area contributed by atoms with E-state index < -0.39 is 38.1 Å². The van der Waals surface area contributed by atoms with Crippen LogP contribution in [0.2, 0.25) is 0 Å². The number of aliphatic hydroxyl groups excluding tert-OH is 1. The van der Waals surface area contributed by atoms with Crippen molar-refractivity contribution in [2.24, 2.45) is 0 Å². The van der Waals surface area contributed by atoms with Gasteiger partial charge in [-0.1, -0.05) is 6.92 Å². The van der Waals surface area contributed by atoms with Gasteiger partial charge in [0.05, 0.1) is 6.61 Å². The monoisotopic (exact) mass is 333 g/mol. The first-order valence-corrected chi connectivity index (χ1v) is 8.18. The fourth-order valence-corrected chi connectivity index (χ4v) is 3.51. The minimum absolute atomic E-state index is 0.119. The third-order valence-corrected chi connectivity index (χ3v) is 4.67. The van der Waals surface area contributed by atoms with E-state index in [4.69, 9.17) is 15.0 Å². The molecule has 5 atom stereocenters. The summed E-state index contributed by atoms with van der Waals surface area (Å²) in [6, 6.07) is 0. The summed E-state index contributed by atoms with van der Waals surface area (Å²) >= 11 is 0. The summed E-state index contributed by atoms with van der Waals surface area (Å²) in [6.45, 7) is 1.62. The van der Waals surface area contributed by atoms with Crippen molar-refractivity contribution in [2.75, 3.05) is 12.3 Å². The zero-order valence-electron chi connectivity index (χ0n) is 11.7. The normalized spacial score (nSPS) is 38.0. The fraction of sp³-hybridized carbons (Fsp3) is 0.636. The van der Waals surface area contributed by atoms with Gasteiger partial charge in [0.15, 0.2) is 6.23 Å². The second-order valence-corrected chi connectivity index (χ2v) is 6.49. The predicted molar refractivity (Wildman–Crippen MR) is 72.9 cm³/mol. The highest BCUT2D eigenvalue weighted by Gasteiger charge is 2.52. The van der Waals surface area contributed by atoms with Gasteiger partial charge >= 0.3 is 13.5 Å². The van der Waals surface area contributed by atoms with Gasteiger partial charge in [0.25, 0.3) is 0 Å². The lowest BCUT2D eigenvalue weighted by Crippen LogP contribution is -2.40. The van der Waals surface area contributed by atoms with Crippen LogP contribution in [-0.4, -0.2) is 44.5 Å². The SMILES string of the molecule is CCc1cn([C@@H]2O[C@@H]3COP(=O)(O)O[C@H]3[C@H]2O)c(=O)nc1N. The van der Waals surface area contributed by atoms with Crippen LogP contribution in [0.5, 0.6) is 0 Å². The van der Waals surface area contributed by atoms with Gasteiger partial charge in [-0.3, -0.25) is 13.6 Å². The van der Waals surface area contributed by atoms with Gasteiger partial charge in [-0.25, -0.2) is 9.36 Å². The van der Waals surface area contributed by atoms with Gasteiger partial charge in [-0.15, -0.1) is 0 Å². The van der Waals surface area contributed by atoms with Crippen molar-refractivity contribution in [3.05, 3.63) is 22.2 Å². The highest BCUT2D eigenvalue weighted by atomic mass is 31.2. The van der Waals surface area contributed by atoms with Crippen molar-refractivity contribution in [2.45, 2.75) is 37.9 Å². The van der Waals surface area contributed by atoms with Gasteiger partial charge in [0, 0.05) is 11.8 Å². The molecule has 10 nitrogen and oxygen atoms in total. The molecule has 4 N–H and O–H groups in total. The molecule has 122 valence electrons. The summed E-state index contributed by atoms with van der Waals surface area (Å²) in [5, 5.41) is 10.3. The van der Waals surface area contributed by atoms with Gasteiger partial charge in [-0.2, -0.15) is 4.98 Å². The van der Waals surface area contributed by atoms with Crippen LogP contribution in [0.3, 0.4) is 0 Å². The second-order valence-electron chi connectivity index (χ2n) is 5.08. The van der Waals surface area contributed by atoms with Crippen molar-refractivity contribution >= 4 is 13.6 Å². The number of aryl methyl sites for hydroxylation is 1. The summed E-state index contributed by atoms with van der Waals surface area (Å²) in [4.78, 5) is 25.0. The molecule has 2 saturated heterocycles. The Bertz CT molecular complexity index is 693. The Morgan fingerprint density at radius 1 is 1.59 bits per heavy atom. The van der Waals surface area contributed by atoms with E-state index >= 15 is 0 Å². The van der Waals surface area contributed by atoms with Gasteiger partial charge < -0.3 is 20.5 Å². The number of anilines is 1. The van der Waals surface area contributed by atoms with Crippen LogP contribution in [0.1, 0.15) is 18.7 Å². The predicted octanol–water partition coefficient (Wildman–Crippen LogP) is -0.838. The molecule has 0 aliphatic carbocycles. The Kier molecular flexibility index (Phi) is 3.84. The third kappa shape index (κ3) is 2.58. The second kappa shape index (κ2) is 5.41. The lowest BCUT2D eigenvalue weighted by molar-refractivity contribution is -0.0685. The molecule has 0 bridgehead atoms. The van der Waals surface area contributed by atoms with E-state index in [9.17, 15) is 19.4 Å². The Hall–Kier alpha value is -1.29. The van der Waals surface area contributed by atoms with Crippen LogP contribution in [0.25, 0.3) is 0 Å². The average molecular weight is 333 g/mol. The molecule has 0 amide bonds. The number of nitrogen functional groups attached to an aromatic ring is 1. The molecule has 0 spiro atoms. The number of ether oxygens (including phenoxy) is 1. The molecule has 1 aromatic rings. The third-order valence-electron chi connectivity index (χ3n) is 3.68. The minimum atomic E-state index is -4.21. The van der Waals surface area contributed by atoms with Crippen LogP contribution < -0.4 is 11.4 Å². The first-order chi connectivity index (χ1) is 10.3. The van der Waals surface area contributed by atoms with E-state index in [0.717, 1.165) is 4.57 Å². The molecule has 3 rings (SSSR count). The van der Waals surface area contributed by atoms with Crippen LogP contribution in [0.15, 0.2) is 11.0 Å². The van der Waals surface area contributed by atoms with E-state index in [-0.39, 0.29) is 12.4 Å². The molecule has 2 aliphatic heterocycles. The Morgan fingerprint density at radius 2 is 2.32 bits per heavy atom. The number of nitrogens with two attached hydrogens (primary N) is 1. The Balaban J connectivity index is 1.94. The zero-order valence-corrected chi connectivity index (χ0v) is 12.6. The first-order valence-electron chi connectivity index (χ1n) is 6.69. The molecule has 22 heavy (non-hydrogen) atoms. The van der Waals surface area contributed by atoms with Crippen molar-refractivity contribution < 1.29 is 28.3 Å². The minimum Gasteiger partial charge on any atom is -0.386 e. The maximum absolute atomic E-state index is 12.0. The molecule has 2 aliphatic rings. The van der Waals surface area contributed by atoms with E-state index in [1.54, 1.807) is 0 Å². The molecule has 0 saturated carbocycles. The van der Waals surface area contributed by atoms with Crippen molar-refractivity contribution in [3.63, 3.8) is 0 Å². The molecule has 1 unspecified atom stereocenters. The van der Waals surface area contributed by atoms with E-state index in [1.807, 2.05) is 6.92 Å². The first kappa shape index (κ1) is 15.6. The van der Waals surface area contributed by atoms with E-state index in [2.05, 4.69) is 9.51 Å². The van der Waals surface area contributed by atoms with Crippen LogP contribution in [-0.2, 0) is 24.8 Å². The molecule has 3 heterocycles. The average Bonchev–Trinajstić information content (AvgIpc) is 2.75.